The summed E-state index contributed by atoms with van der Waals surface area (Å²) in [5.74, 6) is 0. The number of rotatable bonds is 6. The number of hydrogen-bond donors (Lipinski definition) is 0. The van der Waals surface area contributed by atoms with Gasteiger partial charge in [0.25, 0.3) is 0 Å². The summed E-state index contributed by atoms with van der Waals surface area (Å²) in [5, 5.41) is 1.57. The summed E-state index contributed by atoms with van der Waals surface area (Å²) in [5.41, 5.74) is 1.25. The SMILES string of the molecule is C[C@@H]1CCC[C@H](/C=C/CCOCc2ccccc2)S1. The van der Waals surface area contributed by atoms with Gasteiger partial charge in [0.15, 0.2) is 0 Å². The largest absolute Gasteiger partial charge is 0.376 e. The first-order chi connectivity index (χ1) is 9.34. The number of thioether (sulfide) groups is 1. The molecule has 19 heavy (non-hydrogen) atoms. The minimum Gasteiger partial charge on any atom is -0.376 e. The van der Waals surface area contributed by atoms with Crippen molar-refractivity contribution in [2.45, 2.75) is 49.7 Å². The van der Waals surface area contributed by atoms with Crippen molar-refractivity contribution >= 4 is 11.8 Å². The van der Waals surface area contributed by atoms with Gasteiger partial charge in [-0.15, -0.1) is 0 Å². The van der Waals surface area contributed by atoms with Gasteiger partial charge in [0.05, 0.1) is 13.2 Å². The second kappa shape index (κ2) is 8.44. The third kappa shape index (κ3) is 5.84. The Morgan fingerprint density at radius 2 is 2.11 bits per heavy atom. The van der Waals surface area contributed by atoms with Crippen molar-refractivity contribution in [2.24, 2.45) is 0 Å². The summed E-state index contributed by atoms with van der Waals surface area (Å²) in [6.07, 6.45) is 9.81. The predicted octanol–water partition coefficient (Wildman–Crippen LogP) is 4.82. The first kappa shape index (κ1) is 14.7. The summed E-state index contributed by atoms with van der Waals surface area (Å²) in [6.45, 7) is 3.88. The molecule has 2 heteroatoms. The van der Waals surface area contributed by atoms with Crippen LogP contribution in [0.5, 0.6) is 0 Å². The average molecular weight is 276 g/mol. The maximum atomic E-state index is 5.67. The minimum atomic E-state index is 0.726. The Morgan fingerprint density at radius 3 is 2.89 bits per heavy atom. The van der Waals surface area contributed by atoms with Crippen LogP contribution in [0.15, 0.2) is 42.5 Å². The molecule has 2 atom stereocenters. The lowest BCUT2D eigenvalue weighted by Gasteiger charge is -2.23. The van der Waals surface area contributed by atoms with Crippen LogP contribution in [0.25, 0.3) is 0 Å². The van der Waals surface area contributed by atoms with Crippen molar-refractivity contribution in [3.8, 4) is 0 Å². The fourth-order valence-corrected chi connectivity index (χ4v) is 3.75. The topological polar surface area (TPSA) is 9.23 Å². The maximum Gasteiger partial charge on any atom is 0.0717 e. The molecule has 1 aliphatic heterocycles. The molecule has 1 heterocycles. The van der Waals surface area contributed by atoms with Crippen LogP contribution < -0.4 is 0 Å². The highest BCUT2D eigenvalue weighted by atomic mass is 32.2. The zero-order chi connectivity index (χ0) is 13.3. The maximum absolute atomic E-state index is 5.67. The molecule has 1 aromatic rings. The Bertz CT molecular complexity index is 374. The summed E-state index contributed by atoms with van der Waals surface area (Å²) in [6, 6.07) is 10.4. The van der Waals surface area contributed by atoms with Crippen LogP contribution in [0.2, 0.25) is 0 Å². The van der Waals surface area contributed by atoms with Crippen molar-refractivity contribution in [3.63, 3.8) is 0 Å². The van der Waals surface area contributed by atoms with Gasteiger partial charge in [-0.05, 0) is 24.8 Å². The molecule has 2 rings (SSSR count). The number of hydrogen-bond acceptors (Lipinski definition) is 2. The molecule has 0 radical (unpaired) electrons. The smallest absolute Gasteiger partial charge is 0.0717 e. The zero-order valence-electron chi connectivity index (χ0n) is 11.8. The van der Waals surface area contributed by atoms with Gasteiger partial charge in [0.2, 0.25) is 0 Å². The van der Waals surface area contributed by atoms with E-state index in [0.717, 1.165) is 30.1 Å². The van der Waals surface area contributed by atoms with E-state index in [9.17, 15) is 0 Å². The van der Waals surface area contributed by atoms with Crippen molar-refractivity contribution in [1.82, 2.24) is 0 Å². The number of ether oxygens (including phenoxy) is 1. The Balaban J connectivity index is 1.56. The molecule has 0 N–H and O–H groups in total. The molecular formula is C17H24OS. The van der Waals surface area contributed by atoms with Crippen LogP contribution in [-0.2, 0) is 11.3 Å². The van der Waals surface area contributed by atoms with Crippen LogP contribution in [0.3, 0.4) is 0 Å². The second-order valence-corrected chi connectivity index (χ2v) is 6.85. The van der Waals surface area contributed by atoms with E-state index in [1.54, 1.807) is 0 Å². The van der Waals surface area contributed by atoms with Crippen molar-refractivity contribution in [1.29, 1.82) is 0 Å². The summed E-state index contributed by atoms with van der Waals surface area (Å²) in [7, 11) is 0. The monoisotopic (exact) mass is 276 g/mol. The fraction of sp³-hybridized carbons (Fsp3) is 0.529. The molecule has 1 aliphatic rings. The lowest BCUT2D eigenvalue weighted by molar-refractivity contribution is 0.125. The number of benzene rings is 1. The van der Waals surface area contributed by atoms with Gasteiger partial charge in [0.1, 0.15) is 0 Å². The third-order valence-corrected chi connectivity index (χ3v) is 4.84. The van der Waals surface area contributed by atoms with Gasteiger partial charge in [-0.3, -0.25) is 0 Å². The lowest BCUT2D eigenvalue weighted by atomic mass is 10.1. The lowest BCUT2D eigenvalue weighted by Crippen LogP contribution is -2.12. The highest BCUT2D eigenvalue weighted by molar-refractivity contribution is 8.00. The van der Waals surface area contributed by atoms with E-state index in [1.807, 2.05) is 6.07 Å². The molecule has 104 valence electrons. The normalized spacial score (nSPS) is 23.8. The highest BCUT2D eigenvalue weighted by Crippen LogP contribution is 2.32. The molecule has 1 aromatic carbocycles. The molecule has 0 spiro atoms. The van der Waals surface area contributed by atoms with Crippen LogP contribution in [0.4, 0.5) is 0 Å². The van der Waals surface area contributed by atoms with Crippen molar-refractivity contribution < 1.29 is 4.74 Å². The molecule has 0 bridgehead atoms. The molecular weight excluding hydrogens is 252 g/mol. The first-order valence-electron chi connectivity index (χ1n) is 7.28. The van der Waals surface area contributed by atoms with E-state index >= 15 is 0 Å². The van der Waals surface area contributed by atoms with Crippen molar-refractivity contribution in [2.75, 3.05) is 6.61 Å². The molecule has 1 fully saturated rings. The van der Waals surface area contributed by atoms with Crippen LogP contribution in [-0.4, -0.2) is 17.1 Å². The zero-order valence-corrected chi connectivity index (χ0v) is 12.6. The fourth-order valence-electron chi connectivity index (χ4n) is 2.35. The first-order valence-corrected chi connectivity index (χ1v) is 8.22. The summed E-state index contributed by atoms with van der Waals surface area (Å²) in [4.78, 5) is 0. The van der Waals surface area contributed by atoms with Gasteiger partial charge in [-0.25, -0.2) is 0 Å². The summed E-state index contributed by atoms with van der Waals surface area (Å²) >= 11 is 2.12. The third-order valence-electron chi connectivity index (χ3n) is 3.40. The van der Waals surface area contributed by atoms with Crippen LogP contribution in [0, 0.1) is 0 Å². The van der Waals surface area contributed by atoms with Crippen molar-refractivity contribution in [3.05, 3.63) is 48.0 Å². The Hall–Kier alpha value is -0.730. The van der Waals surface area contributed by atoms with E-state index in [1.165, 1.54) is 24.8 Å². The van der Waals surface area contributed by atoms with Crippen LogP contribution >= 0.6 is 11.8 Å². The molecule has 0 unspecified atom stereocenters. The predicted molar refractivity (Wildman–Crippen MR) is 84.5 cm³/mol. The van der Waals surface area contributed by atoms with Gasteiger partial charge < -0.3 is 4.74 Å². The van der Waals surface area contributed by atoms with Gasteiger partial charge in [-0.1, -0.05) is 55.8 Å². The van der Waals surface area contributed by atoms with Gasteiger partial charge in [0, 0.05) is 10.5 Å². The molecule has 1 nitrogen and oxygen atoms in total. The summed E-state index contributed by atoms with van der Waals surface area (Å²) < 4.78 is 5.67. The van der Waals surface area contributed by atoms with E-state index in [2.05, 4.69) is 55.1 Å². The second-order valence-electron chi connectivity index (χ2n) is 5.17. The van der Waals surface area contributed by atoms with Gasteiger partial charge in [-0.2, -0.15) is 11.8 Å². The Labute approximate surface area is 121 Å². The molecule has 0 amide bonds. The Kier molecular flexibility index (Phi) is 6.52. The highest BCUT2D eigenvalue weighted by Gasteiger charge is 2.16. The molecule has 1 saturated heterocycles. The minimum absolute atomic E-state index is 0.726. The van der Waals surface area contributed by atoms with E-state index in [4.69, 9.17) is 4.74 Å². The van der Waals surface area contributed by atoms with E-state index < -0.39 is 0 Å². The quantitative estimate of drug-likeness (QED) is 0.544. The van der Waals surface area contributed by atoms with Gasteiger partial charge >= 0.3 is 0 Å². The average Bonchev–Trinajstić information content (AvgIpc) is 2.44. The standard InChI is InChI=1S/C17H24OS/c1-15-8-7-12-17(19-15)11-5-6-13-18-14-16-9-3-2-4-10-16/h2-5,9-11,15,17H,6-8,12-14H2,1H3/b11-5+/t15-,17+/m1/s1. The Morgan fingerprint density at radius 1 is 1.26 bits per heavy atom. The molecule has 0 aromatic heterocycles. The molecule has 0 aliphatic carbocycles. The van der Waals surface area contributed by atoms with Crippen LogP contribution in [0.1, 0.15) is 38.2 Å². The van der Waals surface area contributed by atoms with E-state index in [-0.39, 0.29) is 0 Å². The molecule has 0 saturated carbocycles. The van der Waals surface area contributed by atoms with E-state index in [0.29, 0.717) is 0 Å².